The van der Waals surface area contributed by atoms with Gasteiger partial charge in [0.2, 0.25) is 11.9 Å². The number of fused-ring (bicyclic) bond motifs is 1. The van der Waals surface area contributed by atoms with Crippen LogP contribution >= 0.6 is 0 Å². The highest BCUT2D eigenvalue weighted by molar-refractivity contribution is 5.99. The van der Waals surface area contributed by atoms with E-state index in [0.717, 1.165) is 31.5 Å². The minimum absolute atomic E-state index is 0.0342. The fourth-order valence-corrected chi connectivity index (χ4v) is 4.63. The van der Waals surface area contributed by atoms with E-state index in [1.807, 2.05) is 0 Å². The van der Waals surface area contributed by atoms with Crippen LogP contribution in [0.4, 0.5) is 23.1 Å². The summed E-state index contributed by atoms with van der Waals surface area (Å²) < 4.78 is 5.36. The second-order valence-electron chi connectivity index (χ2n) is 8.46. The summed E-state index contributed by atoms with van der Waals surface area (Å²) >= 11 is 0. The summed E-state index contributed by atoms with van der Waals surface area (Å²) in [5.41, 5.74) is 1.36. The van der Waals surface area contributed by atoms with Gasteiger partial charge < -0.3 is 25.0 Å². The van der Waals surface area contributed by atoms with Crippen LogP contribution in [0.3, 0.4) is 0 Å². The standard InChI is InChI=1S/C24H29N5O4/c1-4-7-16-14-29(17-8-5-6-9-17)21-19(28(2)22(16)30)13-25-24(27-21)26-18-11-10-15(23(31)32)12-20(18)33-3/h4,10-13,16-17H,1,5-9,14H2,2-3H3,(H,31,32)(H,25,26,27)/t16-/m0/s1. The van der Waals surface area contributed by atoms with E-state index >= 15 is 0 Å². The maximum atomic E-state index is 13.1. The molecule has 4 rings (SSSR count). The molecule has 9 nitrogen and oxygen atoms in total. The van der Waals surface area contributed by atoms with Crippen LogP contribution in [-0.4, -0.2) is 53.7 Å². The number of carboxylic acid groups (broad SMARTS) is 1. The van der Waals surface area contributed by atoms with E-state index in [4.69, 9.17) is 9.72 Å². The van der Waals surface area contributed by atoms with Crippen molar-refractivity contribution in [2.24, 2.45) is 5.92 Å². The van der Waals surface area contributed by atoms with Crippen molar-refractivity contribution >= 4 is 35.0 Å². The monoisotopic (exact) mass is 451 g/mol. The number of anilines is 4. The summed E-state index contributed by atoms with van der Waals surface area (Å²) in [6.07, 6.45) is 8.52. The molecule has 1 fully saturated rings. The van der Waals surface area contributed by atoms with Gasteiger partial charge in [-0.3, -0.25) is 4.79 Å². The predicted molar refractivity (Wildman–Crippen MR) is 127 cm³/mol. The summed E-state index contributed by atoms with van der Waals surface area (Å²) in [6.45, 7) is 4.42. The Labute approximate surface area is 193 Å². The molecule has 33 heavy (non-hydrogen) atoms. The van der Waals surface area contributed by atoms with E-state index < -0.39 is 5.97 Å². The number of amides is 1. The van der Waals surface area contributed by atoms with Crippen molar-refractivity contribution in [3.63, 3.8) is 0 Å². The van der Waals surface area contributed by atoms with Crippen molar-refractivity contribution in [3.8, 4) is 5.75 Å². The number of hydrogen-bond donors (Lipinski definition) is 2. The Balaban J connectivity index is 1.72. The van der Waals surface area contributed by atoms with Crippen molar-refractivity contribution < 1.29 is 19.4 Å². The molecule has 2 heterocycles. The number of methoxy groups -OCH3 is 1. The largest absolute Gasteiger partial charge is 0.495 e. The molecule has 1 aliphatic heterocycles. The SMILES string of the molecule is C=CC[C@H]1CN(C2CCCC2)c2nc(Nc3ccc(C(=O)O)cc3OC)ncc2N(C)C1=O. The molecule has 2 N–H and O–H groups in total. The minimum atomic E-state index is -1.03. The number of aromatic carboxylic acids is 1. The zero-order valence-electron chi connectivity index (χ0n) is 19.0. The van der Waals surface area contributed by atoms with Gasteiger partial charge in [0.15, 0.2) is 5.82 Å². The third kappa shape index (κ3) is 4.48. The zero-order chi connectivity index (χ0) is 23.5. The number of nitrogens with zero attached hydrogens (tertiary/aromatic N) is 4. The number of aromatic nitrogens is 2. The summed E-state index contributed by atoms with van der Waals surface area (Å²) in [5, 5.41) is 12.4. The lowest BCUT2D eigenvalue weighted by atomic mass is 10.0. The number of hydrogen-bond acceptors (Lipinski definition) is 7. The van der Waals surface area contributed by atoms with Crippen LogP contribution in [0.5, 0.6) is 5.75 Å². The molecule has 1 atom stereocenters. The fourth-order valence-electron chi connectivity index (χ4n) is 4.63. The predicted octanol–water partition coefficient (Wildman–Crippen LogP) is 3.84. The van der Waals surface area contributed by atoms with Crippen LogP contribution < -0.4 is 19.9 Å². The van der Waals surface area contributed by atoms with E-state index in [1.165, 1.54) is 19.2 Å². The van der Waals surface area contributed by atoms with Gasteiger partial charge in [-0.2, -0.15) is 4.98 Å². The number of carbonyl (C=O) groups is 2. The summed E-state index contributed by atoms with van der Waals surface area (Å²) in [4.78, 5) is 37.6. The molecular formula is C24H29N5O4. The second kappa shape index (κ2) is 9.48. The molecule has 1 aromatic carbocycles. The number of allylic oxidation sites excluding steroid dienone is 1. The van der Waals surface area contributed by atoms with Gasteiger partial charge in [0, 0.05) is 19.6 Å². The molecule has 1 amide bonds. The second-order valence-corrected chi connectivity index (χ2v) is 8.46. The molecule has 2 aliphatic rings. The van der Waals surface area contributed by atoms with Gasteiger partial charge >= 0.3 is 5.97 Å². The van der Waals surface area contributed by atoms with Gasteiger partial charge in [-0.05, 0) is 37.5 Å². The van der Waals surface area contributed by atoms with Gasteiger partial charge in [-0.1, -0.05) is 18.9 Å². The van der Waals surface area contributed by atoms with E-state index in [9.17, 15) is 14.7 Å². The van der Waals surface area contributed by atoms with E-state index in [1.54, 1.807) is 30.3 Å². The number of carbonyl (C=O) groups excluding carboxylic acids is 1. The maximum Gasteiger partial charge on any atom is 0.335 e. The van der Waals surface area contributed by atoms with Gasteiger partial charge in [0.1, 0.15) is 11.4 Å². The highest BCUT2D eigenvalue weighted by Gasteiger charge is 2.36. The highest BCUT2D eigenvalue weighted by Crippen LogP contribution is 2.38. The van der Waals surface area contributed by atoms with Gasteiger partial charge in [-0.15, -0.1) is 6.58 Å². The smallest absolute Gasteiger partial charge is 0.335 e. The van der Waals surface area contributed by atoms with E-state index in [2.05, 4.69) is 21.8 Å². The topological polar surface area (TPSA) is 108 Å². The van der Waals surface area contributed by atoms with Crippen LogP contribution in [0, 0.1) is 5.92 Å². The average molecular weight is 452 g/mol. The lowest BCUT2D eigenvalue weighted by molar-refractivity contribution is -0.121. The number of benzene rings is 1. The third-order valence-electron chi connectivity index (χ3n) is 6.39. The lowest BCUT2D eigenvalue weighted by Crippen LogP contribution is -2.39. The maximum absolute atomic E-state index is 13.1. The Bertz CT molecular complexity index is 1070. The fraction of sp³-hybridized carbons (Fsp3) is 0.417. The van der Waals surface area contributed by atoms with Crippen molar-refractivity contribution in [2.45, 2.75) is 38.1 Å². The quantitative estimate of drug-likeness (QED) is 0.612. The Morgan fingerprint density at radius 2 is 2.12 bits per heavy atom. The first-order valence-corrected chi connectivity index (χ1v) is 11.1. The van der Waals surface area contributed by atoms with Crippen molar-refractivity contribution in [1.29, 1.82) is 0 Å². The van der Waals surface area contributed by atoms with Crippen LogP contribution in [0.25, 0.3) is 0 Å². The molecule has 9 heteroatoms. The molecule has 0 spiro atoms. The third-order valence-corrected chi connectivity index (χ3v) is 6.39. The first-order valence-electron chi connectivity index (χ1n) is 11.1. The molecule has 174 valence electrons. The molecule has 0 bridgehead atoms. The number of rotatable bonds is 7. The van der Waals surface area contributed by atoms with Crippen LogP contribution in [0.2, 0.25) is 0 Å². The average Bonchev–Trinajstić information content (AvgIpc) is 3.32. The molecule has 2 aromatic rings. The van der Waals surface area contributed by atoms with Crippen LogP contribution in [0.1, 0.15) is 42.5 Å². The molecule has 1 aromatic heterocycles. The van der Waals surface area contributed by atoms with Gasteiger partial charge in [-0.25, -0.2) is 9.78 Å². The van der Waals surface area contributed by atoms with Gasteiger partial charge in [0.05, 0.1) is 30.5 Å². The Hall–Kier alpha value is -3.62. The summed E-state index contributed by atoms with van der Waals surface area (Å²) in [6, 6.07) is 4.89. The van der Waals surface area contributed by atoms with E-state index in [-0.39, 0.29) is 17.4 Å². The number of carboxylic acids is 1. The van der Waals surface area contributed by atoms with Crippen LogP contribution in [-0.2, 0) is 4.79 Å². The number of ether oxygens (including phenoxy) is 1. The summed E-state index contributed by atoms with van der Waals surface area (Å²) in [5.74, 6) is 0.257. The van der Waals surface area contributed by atoms with Gasteiger partial charge in [0.25, 0.3) is 0 Å². The molecule has 0 radical (unpaired) electrons. The molecule has 0 unspecified atom stereocenters. The first-order chi connectivity index (χ1) is 15.9. The molecule has 1 saturated carbocycles. The normalized spacial score (nSPS) is 18.6. The first kappa shape index (κ1) is 22.6. The highest BCUT2D eigenvalue weighted by atomic mass is 16.5. The number of nitrogens with one attached hydrogen (secondary N) is 1. The summed E-state index contributed by atoms with van der Waals surface area (Å²) in [7, 11) is 3.24. The molecule has 0 saturated heterocycles. The Kier molecular flexibility index (Phi) is 6.48. The zero-order valence-corrected chi connectivity index (χ0v) is 19.0. The molecule has 1 aliphatic carbocycles. The van der Waals surface area contributed by atoms with E-state index in [0.29, 0.717) is 42.1 Å². The van der Waals surface area contributed by atoms with Crippen molar-refractivity contribution in [1.82, 2.24) is 9.97 Å². The minimum Gasteiger partial charge on any atom is -0.495 e. The lowest BCUT2D eigenvalue weighted by Gasteiger charge is -2.31. The van der Waals surface area contributed by atoms with Crippen molar-refractivity contribution in [2.75, 3.05) is 35.8 Å². The molecular weight excluding hydrogens is 422 g/mol. The van der Waals surface area contributed by atoms with Crippen molar-refractivity contribution in [3.05, 3.63) is 42.6 Å². The Morgan fingerprint density at radius 3 is 2.79 bits per heavy atom. The van der Waals surface area contributed by atoms with Crippen LogP contribution in [0.15, 0.2) is 37.1 Å². The Morgan fingerprint density at radius 1 is 1.36 bits per heavy atom.